The van der Waals surface area contributed by atoms with E-state index in [4.69, 9.17) is 32.0 Å². The quantitative estimate of drug-likeness (QED) is 0.241. The van der Waals surface area contributed by atoms with Crippen LogP contribution in [0, 0.1) is 0 Å². The number of halogens is 2. The standard InChI is InChI=1S/C14H13N3S2.2ClH.Zn/c1-19-14(18)17-16-13(11-7-3-2-4-8-11)12-9-5-6-10-15-12;;;/h2-10H,1H3,(H,17,18);2*1H;/q;;;+2/p-3. The first-order valence-corrected chi connectivity index (χ1v) is 15.6. The number of nitrogens with zero attached hydrogens (tertiary/aromatic N) is 3. The van der Waals surface area contributed by atoms with Crippen LogP contribution in [0.2, 0.25) is 0 Å². The van der Waals surface area contributed by atoms with E-state index in [-0.39, 0.29) is 0 Å². The van der Waals surface area contributed by atoms with Crippen molar-refractivity contribution in [1.82, 2.24) is 4.98 Å². The molecule has 0 spiro atoms. The van der Waals surface area contributed by atoms with Crippen molar-refractivity contribution in [3.8, 4) is 0 Å². The summed E-state index contributed by atoms with van der Waals surface area (Å²) in [5, 5.41) is 8.29. The molecule has 0 saturated carbocycles. The molecule has 0 bridgehead atoms. The summed E-state index contributed by atoms with van der Waals surface area (Å²) in [6.07, 6.45) is 3.62. The maximum atomic E-state index is 5.04. The molecule has 2 aromatic rings. The summed E-state index contributed by atoms with van der Waals surface area (Å²) in [5.74, 6) is 0. The molecule has 8 heteroatoms. The Morgan fingerprint density at radius 2 is 1.73 bits per heavy atom. The summed E-state index contributed by atoms with van der Waals surface area (Å²) in [4.78, 5) is 4.32. The number of rotatable bonds is 3. The molecule has 3 nitrogen and oxygen atoms in total. The van der Waals surface area contributed by atoms with Crippen molar-refractivity contribution in [1.29, 1.82) is 0 Å². The Morgan fingerprint density at radius 1 is 1.09 bits per heavy atom. The predicted molar refractivity (Wildman–Crippen MR) is 96.3 cm³/mol. The average Bonchev–Trinajstić information content (AvgIpc) is 2.57. The van der Waals surface area contributed by atoms with Gasteiger partial charge >= 0.3 is 34.5 Å². The molecular weight excluding hydrogens is 411 g/mol. The van der Waals surface area contributed by atoms with E-state index < -0.39 is 15.1 Å². The summed E-state index contributed by atoms with van der Waals surface area (Å²) in [7, 11) is 9.90. The topological polar surface area (TPSA) is 37.6 Å². The monoisotopic (exact) mass is 420 g/mol. The van der Waals surface area contributed by atoms with Gasteiger partial charge in [0.15, 0.2) is 0 Å². The zero-order chi connectivity index (χ0) is 16.2. The van der Waals surface area contributed by atoms with Gasteiger partial charge in [-0.25, -0.2) is 0 Å². The Morgan fingerprint density at radius 3 is 2.27 bits per heavy atom. The van der Waals surface area contributed by atoms with Crippen LogP contribution >= 0.6 is 31.1 Å². The number of benzene rings is 1. The maximum absolute atomic E-state index is 5.04. The van der Waals surface area contributed by atoms with Crippen LogP contribution in [0.25, 0.3) is 0 Å². The summed E-state index contributed by atoms with van der Waals surface area (Å²) in [6.45, 7) is 0. The van der Waals surface area contributed by atoms with Crippen LogP contribution in [-0.4, -0.2) is 21.3 Å². The van der Waals surface area contributed by atoms with Gasteiger partial charge in [-0.05, 0) is 22.8 Å². The molecule has 22 heavy (non-hydrogen) atoms. The van der Waals surface area contributed by atoms with E-state index in [0.717, 1.165) is 17.0 Å². The molecule has 0 amide bonds. The zero-order valence-electron chi connectivity index (χ0n) is 11.8. The molecule has 1 aromatic heterocycles. The normalized spacial score (nSPS) is 11.2. The molecule has 0 atom stereocenters. The first-order chi connectivity index (χ1) is 10.7. The summed E-state index contributed by atoms with van der Waals surface area (Å²) < 4.78 is 0.504. The SMILES string of the molecule is CSC([S-])=NN=C(c1ccccc1)c1ccccn1.[Cl][Zn][Cl]. The molecule has 0 radical (unpaired) electrons. The van der Waals surface area contributed by atoms with Gasteiger partial charge in [-0.2, -0.15) is 5.10 Å². The van der Waals surface area contributed by atoms with Gasteiger partial charge in [0, 0.05) is 11.8 Å². The number of pyridine rings is 1. The van der Waals surface area contributed by atoms with E-state index >= 15 is 0 Å². The van der Waals surface area contributed by atoms with Crippen LogP contribution in [0.1, 0.15) is 11.3 Å². The fraction of sp³-hybridized carbons (Fsp3) is 0.0714. The van der Waals surface area contributed by atoms with Crippen molar-refractivity contribution >= 4 is 53.9 Å². The average molecular weight is 423 g/mol. The van der Waals surface area contributed by atoms with Crippen LogP contribution < -0.4 is 0 Å². The van der Waals surface area contributed by atoms with Crippen LogP contribution in [0.3, 0.4) is 0 Å². The van der Waals surface area contributed by atoms with E-state index in [1.807, 2.05) is 54.8 Å². The molecule has 2 rings (SSSR count). The van der Waals surface area contributed by atoms with E-state index in [2.05, 4.69) is 15.2 Å². The van der Waals surface area contributed by atoms with Gasteiger partial charge in [-0.3, -0.25) is 4.98 Å². The molecule has 0 unspecified atom stereocenters. The van der Waals surface area contributed by atoms with E-state index in [9.17, 15) is 0 Å². The molecule has 1 heterocycles. The first kappa shape index (κ1) is 19.5. The van der Waals surface area contributed by atoms with E-state index in [1.54, 1.807) is 6.20 Å². The Hall–Kier alpha value is -0.517. The van der Waals surface area contributed by atoms with Gasteiger partial charge in [-0.1, -0.05) is 36.4 Å². The fourth-order valence-corrected chi connectivity index (χ4v) is 1.65. The third-order valence-corrected chi connectivity index (χ3v) is 3.37. The first-order valence-electron chi connectivity index (χ1n) is 6.18. The van der Waals surface area contributed by atoms with Crippen molar-refractivity contribution < 1.29 is 15.1 Å². The second kappa shape index (κ2) is 12.0. The molecule has 0 fully saturated rings. The number of thioether (sulfide) groups is 1. The summed E-state index contributed by atoms with van der Waals surface area (Å²) >= 11 is 5.51. The fourth-order valence-electron chi connectivity index (χ4n) is 1.49. The minimum absolute atomic E-state index is 0.504. The molecule has 0 saturated heterocycles. The second-order valence-electron chi connectivity index (χ2n) is 3.70. The van der Waals surface area contributed by atoms with Crippen molar-refractivity contribution in [2.24, 2.45) is 10.2 Å². The number of hydrogen-bond donors (Lipinski definition) is 0. The molecule has 0 aliphatic rings. The van der Waals surface area contributed by atoms with Gasteiger partial charge in [0.05, 0.1) is 5.69 Å². The van der Waals surface area contributed by atoms with Crippen molar-refractivity contribution in [3.05, 3.63) is 66.0 Å². The van der Waals surface area contributed by atoms with Gasteiger partial charge in [0.25, 0.3) is 0 Å². The van der Waals surface area contributed by atoms with Gasteiger partial charge < -0.3 is 12.6 Å². The van der Waals surface area contributed by atoms with Crippen LogP contribution in [-0.2, 0) is 27.8 Å². The predicted octanol–water partition coefficient (Wildman–Crippen LogP) is 4.48. The Kier molecular flexibility index (Phi) is 10.6. The molecule has 0 aliphatic heterocycles. The van der Waals surface area contributed by atoms with Crippen LogP contribution in [0.15, 0.2) is 64.9 Å². The molecule has 1 aromatic carbocycles. The van der Waals surface area contributed by atoms with Crippen molar-refractivity contribution in [2.45, 2.75) is 0 Å². The zero-order valence-corrected chi connectivity index (χ0v) is 17.9. The van der Waals surface area contributed by atoms with Crippen molar-refractivity contribution in [2.75, 3.05) is 6.26 Å². The van der Waals surface area contributed by atoms with E-state index in [0.29, 0.717) is 4.38 Å². The minimum atomic E-state index is -0.931. The molecule has 0 aliphatic carbocycles. The van der Waals surface area contributed by atoms with Gasteiger partial charge in [-0.15, -0.1) is 16.9 Å². The van der Waals surface area contributed by atoms with Crippen LogP contribution in [0.4, 0.5) is 0 Å². The summed E-state index contributed by atoms with van der Waals surface area (Å²) in [6, 6.07) is 15.5. The Labute approximate surface area is 155 Å². The van der Waals surface area contributed by atoms with Crippen LogP contribution in [0.5, 0.6) is 0 Å². The third-order valence-electron chi connectivity index (χ3n) is 2.36. The summed E-state index contributed by atoms with van der Waals surface area (Å²) in [5.41, 5.74) is 2.47. The molecular formula is C14H12Cl2N3S2Zn-. The molecule has 112 valence electrons. The third kappa shape index (κ3) is 7.16. The van der Waals surface area contributed by atoms with Gasteiger partial charge in [0.1, 0.15) is 5.71 Å². The Bertz CT molecular complexity index is 568. The number of hydrogen-bond acceptors (Lipinski definition) is 5. The molecule has 0 N–H and O–H groups in total. The number of aromatic nitrogens is 1. The van der Waals surface area contributed by atoms with E-state index in [1.165, 1.54) is 11.8 Å². The van der Waals surface area contributed by atoms with Gasteiger partial charge in [0.2, 0.25) is 0 Å². The Balaban J connectivity index is 0.000000745. The van der Waals surface area contributed by atoms with Crippen molar-refractivity contribution in [3.63, 3.8) is 0 Å². The second-order valence-corrected chi connectivity index (χ2v) is 9.76.